The quantitative estimate of drug-likeness (QED) is 0.606. The smallest absolute Gasteiger partial charge is 0.382 e. The van der Waals surface area contributed by atoms with E-state index in [4.69, 9.17) is 18.5 Å². The highest BCUT2D eigenvalue weighted by molar-refractivity contribution is 7.55. The standard InChI is InChI=1S/C19H26NO6P/c1-6-13(3)27(22,25-7-2)26-18-12-20-9-8-15(18)14-10-16(23-4)19(21)17(11-14)24-5/h8-13,21H,6-7H2,1-5H3. The van der Waals surface area contributed by atoms with Crippen LogP contribution in [0.15, 0.2) is 30.6 Å². The Labute approximate surface area is 159 Å². The molecule has 0 spiro atoms. The maximum atomic E-state index is 13.2. The van der Waals surface area contributed by atoms with E-state index in [1.165, 1.54) is 20.4 Å². The van der Waals surface area contributed by atoms with Crippen molar-refractivity contribution in [3.8, 4) is 34.1 Å². The first-order valence-electron chi connectivity index (χ1n) is 8.73. The molecule has 2 aromatic rings. The third-order valence-electron chi connectivity index (χ3n) is 4.24. The predicted octanol–water partition coefficient (Wildman–Crippen LogP) is 4.88. The fourth-order valence-electron chi connectivity index (χ4n) is 2.52. The minimum absolute atomic E-state index is 0.0973. The van der Waals surface area contributed by atoms with E-state index >= 15 is 0 Å². The van der Waals surface area contributed by atoms with Crippen LogP contribution >= 0.6 is 7.60 Å². The lowest BCUT2D eigenvalue weighted by atomic mass is 10.0. The topological polar surface area (TPSA) is 87.1 Å². The molecular weight excluding hydrogens is 369 g/mol. The number of pyridine rings is 1. The van der Waals surface area contributed by atoms with E-state index in [-0.39, 0.29) is 29.5 Å². The fraction of sp³-hybridized carbons (Fsp3) is 0.421. The van der Waals surface area contributed by atoms with Gasteiger partial charge in [0.25, 0.3) is 0 Å². The van der Waals surface area contributed by atoms with Crippen LogP contribution in [0.5, 0.6) is 23.0 Å². The molecule has 0 aliphatic carbocycles. The molecule has 148 valence electrons. The van der Waals surface area contributed by atoms with E-state index in [9.17, 15) is 9.67 Å². The number of phenols is 1. The number of hydrogen-bond donors (Lipinski definition) is 1. The molecule has 27 heavy (non-hydrogen) atoms. The number of aromatic hydroxyl groups is 1. The van der Waals surface area contributed by atoms with Crippen LogP contribution in [-0.4, -0.2) is 36.6 Å². The van der Waals surface area contributed by atoms with E-state index in [0.29, 0.717) is 23.3 Å². The lowest BCUT2D eigenvalue weighted by molar-refractivity contribution is 0.270. The van der Waals surface area contributed by atoms with Crippen molar-refractivity contribution >= 4 is 7.60 Å². The molecule has 2 rings (SSSR count). The van der Waals surface area contributed by atoms with Gasteiger partial charge in [-0.1, -0.05) is 6.92 Å². The Morgan fingerprint density at radius 2 is 1.78 bits per heavy atom. The summed E-state index contributed by atoms with van der Waals surface area (Å²) in [5.74, 6) is 0.730. The average molecular weight is 395 g/mol. The summed E-state index contributed by atoms with van der Waals surface area (Å²) in [4.78, 5) is 4.09. The van der Waals surface area contributed by atoms with Crippen molar-refractivity contribution in [2.45, 2.75) is 32.9 Å². The Kier molecular flexibility index (Phi) is 7.11. The number of nitrogens with zero attached hydrogens (tertiary/aromatic N) is 1. The Morgan fingerprint density at radius 1 is 1.15 bits per heavy atom. The zero-order chi connectivity index (χ0) is 20.0. The van der Waals surface area contributed by atoms with E-state index in [1.807, 2.05) is 13.8 Å². The SMILES string of the molecule is CCOP(=O)(Oc1cnccc1-c1cc(OC)c(O)c(OC)c1)C(C)CC. The van der Waals surface area contributed by atoms with Gasteiger partial charge in [0.15, 0.2) is 17.2 Å². The zero-order valence-electron chi connectivity index (χ0n) is 16.3. The summed E-state index contributed by atoms with van der Waals surface area (Å²) in [6, 6.07) is 5.03. The number of aromatic nitrogens is 1. The normalized spacial score (nSPS) is 14.3. The summed E-state index contributed by atoms with van der Waals surface area (Å²) in [5.41, 5.74) is 1.02. The van der Waals surface area contributed by atoms with Crippen LogP contribution in [0.3, 0.4) is 0 Å². The molecule has 1 heterocycles. The molecule has 2 atom stereocenters. The molecular formula is C19H26NO6P. The molecule has 0 saturated carbocycles. The maximum Gasteiger partial charge on any atom is 0.382 e. The molecule has 0 radical (unpaired) electrons. The number of hydrogen-bond acceptors (Lipinski definition) is 7. The molecule has 1 aromatic carbocycles. The zero-order valence-corrected chi connectivity index (χ0v) is 17.2. The van der Waals surface area contributed by atoms with Gasteiger partial charge in [0.05, 0.1) is 32.7 Å². The number of phenolic OH excluding ortho intramolecular Hbond substituents is 1. The summed E-state index contributed by atoms with van der Waals surface area (Å²) < 4.78 is 35.1. The van der Waals surface area contributed by atoms with Crippen LogP contribution in [0.25, 0.3) is 11.1 Å². The highest BCUT2D eigenvalue weighted by Gasteiger charge is 2.33. The highest BCUT2D eigenvalue weighted by Crippen LogP contribution is 2.55. The molecule has 7 nitrogen and oxygen atoms in total. The molecule has 0 aliphatic rings. The van der Waals surface area contributed by atoms with Crippen LogP contribution in [0.1, 0.15) is 27.2 Å². The molecule has 0 amide bonds. The van der Waals surface area contributed by atoms with Crippen molar-refractivity contribution in [2.24, 2.45) is 0 Å². The summed E-state index contributed by atoms with van der Waals surface area (Å²) in [6.07, 6.45) is 3.74. The van der Waals surface area contributed by atoms with Gasteiger partial charge in [-0.15, -0.1) is 0 Å². The van der Waals surface area contributed by atoms with Crippen molar-refractivity contribution in [3.63, 3.8) is 0 Å². The second-order valence-corrected chi connectivity index (χ2v) is 8.31. The van der Waals surface area contributed by atoms with Crippen molar-refractivity contribution in [1.82, 2.24) is 4.98 Å². The Hall–Kier alpha value is -2.24. The first kappa shape index (κ1) is 21.1. The largest absolute Gasteiger partial charge is 0.502 e. The molecule has 0 bridgehead atoms. The second-order valence-electron chi connectivity index (χ2n) is 5.91. The summed E-state index contributed by atoms with van der Waals surface area (Å²) in [7, 11) is -0.473. The van der Waals surface area contributed by atoms with Crippen molar-refractivity contribution < 1.29 is 28.2 Å². The van der Waals surface area contributed by atoms with E-state index in [0.717, 1.165) is 0 Å². The van der Waals surface area contributed by atoms with Crippen molar-refractivity contribution in [3.05, 3.63) is 30.6 Å². The monoisotopic (exact) mass is 395 g/mol. The second kappa shape index (κ2) is 9.11. The number of benzene rings is 1. The van der Waals surface area contributed by atoms with E-state index < -0.39 is 7.60 Å². The fourth-order valence-corrected chi connectivity index (χ4v) is 4.24. The molecule has 1 aromatic heterocycles. The molecule has 8 heteroatoms. The number of rotatable bonds is 9. The minimum atomic E-state index is -3.38. The van der Waals surface area contributed by atoms with Gasteiger partial charge in [-0.05, 0) is 44.0 Å². The van der Waals surface area contributed by atoms with Gasteiger partial charge in [0, 0.05) is 11.8 Å². The molecule has 0 aliphatic heterocycles. The van der Waals surface area contributed by atoms with Crippen LogP contribution in [0, 0.1) is 0 Å². The molecule has 0 fully saturated rings. The van der Waals surface area contributed by atoms with Gasteiger partial charge >= 0.3 is 7.60 Å². The van der Waals surface area contributed by atoms with Crippen molar-refractivity contribution in [2.75, 3.05) is 20.8 Å². The molecule has 2 unspecified atom stereocenters. The third kappa shape index (κ3) is 4.54. The summed E-state index contributed by atoms with van der Waals surface area (Å²) in [5, 5.41) is 10.1. The van der Waals surface area contributed by atoms with Crippen LogP contribution < -0.4 is 14.0 Å². The number of ether oxygens (including phenoxy) is 2. The first-order chi connectivity index (χ1) is 12.9. The predicted molar refractivity (Wildman–Crippen MR) is 104 cm³/mol. The van der Waals surface area contributed by atoms with Gasteiger partial charge in [0.2, 0.25) is 5.75 Å². The van der Waals surface area contributed by atoms with Gasteiger partial charge in [0.1, 0.15) is 0 Å². The van der Waals surface area contributed by atoms with E-state index in [2.05, 4.69) is 4.98 Å². The highest BCUT2D eigenvalue weighted by atomic mass is 31.2. The maximum absolute atomic E-state index is 13.2. The summed E-state index contributed by atoms with van der Waals surface area (Å²) >= 11 is 0. The average Bonchev–Trinajstić information content (AvgIpc) is 2.68. The minimum Gasteiger partial charge on any atom is -0.502 e. The Bertz CT molecular complexity index is 801. The van der Waals surface area contributed by atoms with Crippen LogP contribution in [0.2, 0.25) is 0 Å². The van der Waals surface area contributed by atoms with Crippen LogP contribution in [0.4, 0.5) is 0 Å². The van der Waals surface area contributed by atoms with Gasteiger partial charge in [-0.25, -0.2) is 4.57 Å². The lowest BCUT2D eigenvalue weighted by Gasteiger charge is -2.24. The molecule has 0 saturated heterocycles. The first-order valence-corrected chi connectivity index (χ1v) is 10.3. The Morgan fingerprint density at radius 3 is 2.30 bits per heavy atom. The van der Waals surface area contributed by atoms with Crippen molar-refractivity contribution in [1.29, 1.82) is 0 Å². The van der Waals surface area contributed by atoms with Gasteiger partial charge < -0.3 is 19.1 Å². The van der Waals surface area contributed by atoms with E-state index in [1.54, 1.807) is 31.3 Å². The lowest BCUT2D eigenvalue weighted by Crippen LogP contribution is -2.11. The van der Waals surface area contributed by atoms with Gasteiger partial charge in [-0.3, -0.25) is 9.51 Å². The summed E-state index contributed by atoms with van der Waals surface area (Å²) in [6.45, 7) is 5.81. The van der Waals surface area contributed by atoms with Crippen LogP contribution in [-0.2, 0) is 9.09 Å². The third-order valence-corrected chi connectivity index (χ3v) is 6.75. The molecule has 1 N–H and O–H groups in total. The van der Waals surface area contributed by atoms with Gasteiger partial charge in [-0.2, -0.15) is 0 Å². The Balaban J connectivity index is 2.55. The number of methoxy groups -OCH3 is 2.